The highest BCUT2D eigenvalue weighted by atomic mass is 16.5. The fourth-order valence-electron chi connectivity index (χ4n) is 2.34. The normalized spacial score (nSPS) is 12.3. The van der Waals surface area contributed by atoms with Gasteiger partial charge < -0.3 is 9.84 Å². The Kier molecular flexibility index (Phi) is 4.85. The van der Waals surface area contributed by atoms with Crippen molar-refractivity contribution in [2.24, 2.45) is 0 Å². The zero-order chi connectivity index (χ0) is 15.6. The predicted octanol–water partition coefficient (Wildman–Crippen LogP) is 4.14. The molecule has 0 atom stereocenters. The minimum atomic E-state index is -0.794. The molecule has 0 heterocycles. The number of carboxylic acid groups (broad SMARTS) is 1. The topological polar surface area (TPSA) is 46.5 Å². The van der Waals surface area contributed by atoms with Crippen molar-refractivity contribution in [2.45, 2.75) is 58.3 Å². The van der Waals surface area contributed by atoms with Crippen LogP contribution >= 0.6 is 0 Å². The summed E-state index contributed by atoms with van der Waals surface area (Å²) in [6, 6.07) is 6.12. The SMILES string of the molecule is CCC(C)(C)c1ccc(OC)c(C(C)(C)CC(=O)O)c1. The zero-order valence-electron chi connectivity index (χ0n) is 13.4. The van der Waals surface area contributed by atoms with Gasteiger partial charge in [-0.05, 0) is 23.5 Å². The fraction of sp³-hybridized carbons (Fsp3) is 0.588. The van der Waals surface area contributed by atoms with Crippen molar-refractivity contribution in [2.75, 3.05) is 7.11 Å². The van der Waals surface area contributed by atoms with Gasteiger partial charge >= 0.3 is 5.97 Å². The molecule has 20 heavy (non-hydrogen) atoms. The van der Waals surface area contributed by atoms with Crippen molar-refractivity contribution < 1.29 is 14.6 Å². The van der Waals surface area contributed by atoms with E-state index in [0.29, 0.717) is 0 Å². The lowest BCUT2D eigenvalue weighted by Crippen LogP contribution is -2.24. The summed E-state index contributed by atoms with van der Waals surface area (Å²) < 4.78 is 5.42. The third-order valence-electron chi connectivity index (χ3n) is 4.19. The van der Waals surface area contributed by atoms with Crippen LogP contribution in [0, 0.1) is 0 Å². The number of carbonyl (C=O) groups is 1. The largest absolute Gasteiger partial charge is 0.496 e. The second kappa shape index (κ2) is 5.86. The standard InChI is InChI=1S/C17H26O3/c1-7-16(2,3)12-8-9-14(20-6)13(10-12)17(4,5)11-15(18)19/h8-10H,7,11H2,1-6H3,(H,18,19). The lowest BCUT2D eigenvalue weighted by molar-refractivity contribution is -0.138. The van der Waals surface area contributed by atoms with Gasteiger partial charge in [-0.25, -0.2) is 0 Å². The van der Waals surface area contributed by atoms with E-state index in [1.807, 2.05) is 19.9 Å². The average Bonchev–Trinajstić information content (AvgIpc) is 2.36. The molecule has 1 aromatic rings. The molecule has 3 heteroatoms. The van der Waals surface area contributed by atoms with Crippen molar-refractivity contribution in [3.63, 3.8) is 0 Å². The Balaban J connectivity index is 3.36. The van der Waals surface area contributed by atoms with Crippen LogP contribution in [-0.2, 0) is 15.6 Å². The molecule has 0 fully saturated rings. The van der Waals surface area contributed by atoms with Crippen LogP contribution in [0.4, 0.5) is 0 Å². The molecule has 0 saturated carbocycles. The molecule has 0 spiro atoms. The van der Waals surface area contributed by atoms with Gasteiger partial charge in [0.15, 0.2) is 0 Å². The first-order valence-corrected chi connectivity index (χ1v) is 7.05. The van der Waals surface area contributed by atoms with E-state index in [1.165, 1.54) is 5.56 Å². The van der Waals surface area contributed by atoms with E-state index in [4.69, 9.17) is 9.84 Å². The Morgan fingerprint density at radius 3 is 2.25 bits per heavy atom. The Bertz CT molecular complexity index is 487. The van der Waals surface area contributed by atoms with Crippen LogP contribution in [0.25, 0.3) is 0 Å². The molecule has 0 aliphatic heterocycles. The number of hydrogen-bond acceptors (Lipinski definition) is 2. The number of benzene rings is 1. The van der Waals surface area contributed by atoms with Gasteiger partial charge in [0.1, 0.15) is 5.75 Å². The second-order valence-corrected chi connectivity index (χ2v) is 6.61. The number of aliphatic carboxylic acids is 1. The summed E-state index contributed by atoms with van der Waals surface area (Å²) in [5.41, 5.74) is 1.79. The first kappa shape index (κ1) is 16.5. The Hall–Kier alpha value is -1.51. The summed E-state index contributed by atoms with van der Waals surface area (Å²) in [6.07, 6.45) is 1.11. The lowest BCUT2D eigenvalue weighted by Gasteiger charge is -2.29. The molecule has 3 nitrogen and oxygen atoms in total. The van der Waals surface area contributed by atoms with Crippen LogP contribution in [0.3, 0.4) is 0 Å². The minimum absolute atomic E-state index is 0.0698. The highest BCUT2D eigenvalue weighted by Crippen LogP contribution is 2.38. The van der Waals surface area contributed by atoms with E-state index in [1.54, 1.807) is 7.11 Å². The van der Waals surface area contributed by atoms with Gasteiger partial charge in [0, 0.05) is 11.0 Å². The molecule has 0 amide bonds. The molecular weight excluding hydrogens is 252 g/mol. The molecule has 1 N–H and O–H groups in total. The molecule has 0 aliphatic rings. The maximum absolute atomic E-state index is 11.1. The predicted molar refractivity (Wildman–Crippen MR) is 81.6 cm³/mol. The monoisotopic (exact) mass is 278 g/mol. The first-order chi connectivity index (χ1) is 9.14. The Morgan fingerprint density at radius 1 is 1.20 bits per heavy atom. The minimum Gasteiger partial charge on any atom is -0.496 e. The van der Waals surface area contributed by atoms with Gasteiger partial charge in [-0.1, -0.05) is 46.8 Å². The lowest BCUT2D eigenvalue weighted by atomic mass is 9.76. The quantitative estimate of drug-likeness (QED) is 0.850. The van der Waals surface area contributed by atoms with Crippen LogP contribution in [0.2, 0.25) is 0 Å². The van der Waals surface area contributed by atoms with E-state index in [9.17, 15) is 4.79 Å². The highest BCUT2D eigenvalue weighted by Gasteiger charge is 2.29. The van der Waals surface area contributed by atoms with Crippen molar-refractivity contribution >= 4 is 5.97 Å². The number of methoxy groups -OCH3 is 1. The van der Waals surface area contributed by atoms with Crippen molar-refractivity contribution in [1.29, 1.82) is 0 Å². The molecule has 0 saturated heterocycles. The van der Waals surface area contributed by atoms with Crippen LogP contribution in [0.15, 0.2) is 18.2 Å². The molecule has 0 unspecified atom stereocenters. The van der Waals surface area contributed by atoms with Crippen LogP contribution < -0.4 is 4.74 Å². The van der Waals surface area contributed by atoms with Gasteiger partial charge in [-0.3, -0.25) is 4.79 Å². The summed E-state index contributed by atoms with van der Waals surface area (Å²) in [5.74, 6) is -0.0379. The summed E-state index contributed by atoms with van der Waals surface area (Å²) >= 11 is 0. The van der Waals surface area contributed by atoms with E-state index >= 15 is 0 Å². The van der Waals surface area contributed by atoms with E-state index < -0.39 is 11.4 Å². The average molecular weight is 278 g/mol. The number of carboxylic acids is 1. The highest BCUT2D eigenvalue weighted by molar-refractivity contribution is 5.69. The Morgan fingerprint density at radius 2 is 1.80 bits per heavy atom. The number of hydrogen-bond donors (Lipinski definition) is 1. The molecule has 1 aromatic carbocycles. The molecule has 1 rings (SSSR count). The molecule has 0 aromatic heterocycles. The van der Waals surface area contributed by atoms with E-state index in [2.05, 4.69) is 32.9 Å². The van der Waals surface area contributed by atoms with Crippen molar-refractivity contribution in [1.82, 2.24) is 0 Å². The van der Waals surface area contributed by atoms with Crippen molar-refractivity contribution in [3.8, 4) is 5.75 Å². The molecular formula is C17H26O3. The van der Waals surface area contributed by atoms with Gasteiger partial charge in [0.05, 0.1) is 13.5 Å². The molecule has 0 radical (unpaired) electrons. The first-order valence-electron chi connectivity index (χ1n) is 7.05. The summed E-state index contributed by atoms with van der Waals surface area (Å²) in [5, 5.41) is 9.11. The van der Waals surface area contributed by atoms with Crippen LogP contribution in [0.1, 0.15) is 58.6 Å². The van der Waals surface area contributed by atoms with Crippen molar-refractivity contribution in [3.05, 3.63) is 29.3 Å². The zero-order valence-corrected chi connectivity index (χ0v) is 13.4. The summed E-state index contributed by atoms with van der Waals surface area (Å²) in [4.78, 5) is 11.1. The van der Waals surface area contributed by atoms with Crippen LogP contribution in [-0.4, -0.2) is 18.2 Å². The van der Waals surface area contributed by atoms with Gasteiger partial charge in [0.25, 0.3) is 0 Å². The summed E-state index contributed by atoms with van der Waals surface area (Å²) in [6.45, 7) is 10.4. The third-order valence-corrected chi connectivity index (χ3v) is 4.19. The van der Waals surface area contributed by atoms with Crippen LogP contribution in [0.5, 0.6) is 5.75 Å². The molecule has 112 valence electrons. The molecule has 0 aliphatic carbocycles. The van der Waals surface area contributed by atoms with Gasteiger partial charge in [-0.15, -0.1) is 0 Å². The maximum atomic E-state index is 11.1. The number of rotatable bonds is 6. The fourth-order valence-corrected chi connectivity index (χ4v) is 2.34. The number of ether oxygens (including phenoxy) is 1. The van der Waals surface area contributed by atoms with Gasteiger partial charge in [-0.2, -0.15) is 0 Å². The third kappa shape index (κ3) is 3.53. The molecule has 0 bridgehead atoms. The van der Waals surface area contributed by atoms with E-state index in [-0.39, 0.29) is 11.8 Å². The van der Waals surface area contributed by atoms with E-state index in [0.717, 1.165) is 17.7 Å². The maximum Gasteiger partial charge on any atom is 0.304 e. The summed E-state index contributed by atoms with van der Waals surface area (Å²) in [7, 11) is 1.63. The Labute approximate surface area is 122 Å². The van der Waals surface area contributed by atoms with Gasteiger partial charge in [0.2, 0.25) is 0 Å². The second-order valence-electron chi connectivity index (χ2n) is 6.61. The smallest absolute Gasteiger partial charge is 0.304 e.